The lowest BCUT2D eigenvalue weighted by Crippen LogP contribution is -2.61. The van der Waals surface area contributed by atoms with Gasteiger partial charge in [0.2, 0.25) is 5.91 Å². The second kappa shape index (κ2) is 10.4. The van der Waals surface area contributed by atoms with E-state index in [1.165, 1.54) is 0 Å². The summed E-state index contributed by atoms with van der Waals surface area (Å²) in [6.07, 6.45) is 5.02. The van der Waals surface area contributed by atoms with Gasteiger partial charge in [-0.15, -0.1) is 0 Å². The smallest absolute Gasteiger partial charge is 0.254 e. The largest absolute Gasteiger partial charge is 0.361 e. The van der Waals surface area contributed by atoms with Crippen LogP contribution in [-0.4, -0.2) is 54.0 Å². The summed E-state index contributed by atoms with van der Waals surface area (Å²) in [6.45, 7) is 1.05. The molecule has 6 nitrogen and oxygen atoms in total. The van der Waals surface area contributed by atoms with E-state index in [1.807, 2.05) is 66.9 Å². The molecular weight excluding hydrogens is 414 g/mol. The molecule has 1 saturated heterocycles. The lowest BCUT2D eigenvalue weighted by molar-refractivity contribution is -0.165. The Morgan fingerprint density at radius 1 is 1.03 bits per heavy atom. The van der Waals surface area contributed by atoms with Gasteiger partial charge in [-0.1, -0.05) is 60.7 Å². The minimum Gasteiger partial charge on any atom is -0.361 e. The van der Waals surface area contributed by atoms with Gasteiger partial charge < -0.3 is 15.0 Å². The molecule has 1 aliphatic heterocycles. The average molecular weight is 444 g/mol. The van der Waals surface area contributed by atoms with Crippen molar-refractivity contribution in [2.45, 2.75) is 24.9 Å². The molecule has 1 atom stereocenters. The maximum atomic E-state index is 13.0. The van der Waals surface area contributed by atoms with Gasteiger partial charge in [0.25, 0.3) is 5.91 Å². The normalized spacial score (nSPS) is 18.0. The summed E-state index contributed by atoms with van der Waals surface area (Å²) < 4.78 is 6.09. The number of carbonyl (C=O) groups excluding carboxylic acids is 2. The zero-order valence-corrected chi connectivity index (χ0v) is 18.9. The van der Waals surface area contributed by atoms with Crippen LogP contribution in [0, 0.1) is 0 Å². The summed E-state index contributed by atoms with van der Waals surface area (Å²) in [5.74, 6) is -0.172. The van der Waals surface area contributed by atoms with Crippen LogP contribution in [-0.2, 0) is 27.2 Å². The van der Waals surface area contributed by atoms with Crippen molar-refractivity contribution in [3.63, 3.8) is 0 Å². The number of likely N-dealkylation sites (N-methyl/N-ethyl adjacent to an activating group) is 1. The van der Waals surface area contributed by atoms with Gasteiger partial charge in [0.05, 0.1) is 13.2 Å². The zero-order chi connectivity index (χ0) is 23.1. The van der Waals surface area contributed by atoms with E-state index in [4.69, 9.17) is 4.74 Å². The first kappa shape index (κ1) is 22.7. The number of hydrogen-bond acceptors (Lipinski definition) is 4. The van der Waals surface area contributed by atoms with Gasteiger partial charge in [-0.25, -0.2) is 0 Å². The van der Waals surface area contributed by atoms with Crippen LogP contribution in [0.5, 0.6) is 0 Å². The molecule has 6 heteroatoms. The van der Waals surface area contributed by atoms with E-state index in [-0.39, 0.29) is 18.4 Å². The highest BCUT2D eigenvalue weighted by Gasteiger charge is 2.44. The molecule has 0 unspecified atom stereocenters. The van der Waals surface area contributed by atoms with Gasteiger partial charge in [0.15, 0.2) is 5.60 Å². The second-order valence-corrected chi connectivity index (χ2v) is 8.34. The number of morpholine rings is 1. The number of carbonyl (C=O) groups is 2. The van der Waals surface area contributed by atoms with E-state index in [2.05, 4.69) is 16.4 Å². The maximum Gasteiger partial charge on any atom is 0.254 e. The molecule has 3 aromatic rings. The molecule has 4 rings (SSSR count). The van der Waals surface area contributed by atoms with Crippen LogP contribution >= 0.6 is 0 Å². The molecule has 0 saturated carbocycles. The minimum absolute atomic E-state index is 0.0412. The van der Waals surface area contributed by atoms with Crippen molar-refractivity contribution < 1.29 is 14.3 Å². The number of amides is 2. The van der Waals surface area contributed by atoms with Crippen molar-refractivity contribution in [3.8, 4) is 11.1 Å². The predicted molar refractivity (Wildman–Crippen MR) is 127 cm³/mol. The van der Waals surface area contributed by atoms with Gasteiger partial charge in [-0.05, 0) is 34.7 Å². The molecule has 2 heterocycles. The summed E-state index contributed by atoms with van der Waals surface area (Å²) in [4.78, 5) is 32.0. The van der Waals surface area contributed by atoms with Crippen LogP contribution in [0.15, 0.2) is 79.1 Å². The Morgan fingerprint density at radius 3 is 2.58 bits per heavy atom. The number of pyridine rings is 1. The second-order valence-electron chi connectivity index (χ2n) is 8.34. The van der Waals surface area contributed by atoms with E-state index < -0.39 is 5.60 Å². The van der Waals surface area contributed by atoms with Crippen LogP contribution in [0.4, 0.5) is 0 Å². The third-order valence-electron chi connectivity index (χ3n) is 6.06. The number of ether oxygens (including phenoxy) is 1. The monoisotopic (exact) mass is 443 g/mol. The fourth-order valence-corrected chi connectivity index (χ4v) is 4.33. The number of aryl methyl sites for hydroxylation is 1. The number of rotatable bonds is 7. The van der Waals surface area contributed by atoms with Crippen molar-refractivity contribution in [2.75, 3.05) is 26.7 Å². The quantitative estimate of drug-likeness (QED) is 0.608. The highest BCUT2D eigenvalue weighted by Crippen LogP contribution is 2.27. The van der Waals surface area contributed by atoms with Crippen LogP contribution in [0.25, 0.3) is 11.1 Å². The molecule has 1 N–H and O–H groups in total. The van der Waals surface area contributed by atoms with E-state index in [1.54, 1.807) is 18.1 Å². The molecule has 1 aromatic heterocycles. The van der Waals surface area contributed by atoms with Gasteiger partial charge in [0, 0.05) is 38.8 Å². The van der Waals surface area contributed by atoms with Gasteiger partial charge in [-0.3, -0.25) is 14.6 Å². The third kappa shape index (κ3) is 5.46. The SMILES string of the molecule is CNC(=O)[C@]1(Cc2cccc(-c3cccnc3)c2)CN(C(=O)CCc2ccccc2)CCO1. The Balaban J connectivity index is 1.51. The summed E-state index contributed by atoms with van der Waals surface area (Å²) in [5, 5.41) is 2.75. The Bertz CT molecular complexity index is 1090. The Hall–Kier alpha value is -3.51. The molecule has 170 valence electrons. The number of nitrogens with zero attached hydrogens (tertiary/aromatic N) is 2. The molecule has 0 spiro atoms. The molecule has 1 fully saturated rings. The summed E-state index contributed by atoms with van der Waals surface area (Å²) in [6, 6.07) is 21.9. The fourth-order valence-electron chi connectivity index (χ4n) is 4.33. The number of hydrogen-bond donors (Lipinski definition) is 1. The highest BCUT2D eigenvalue weighted by molar-refractivity contribution is 5.87. The molecular formula is C27H29N3O3. The first-order valence-corrected chi connectivity index (χ1v) is 11.3. The fraction of sp³-hybridized carbons (Fsp3) is 0.296. The molecule has 2 amide bonds. The summed E-state index contributed by atoms with van der Waals surface area (Å²) in [7, 11) is 1.61. The average Bonchev–Trinajstić information content (AvgIpc) is 2.88. The van der Waals surface area contributed by atoms with Crippen molar-refractivity contribution in [1.82, 2.24) is 15.2 Å². The maximum absolute atomic E-state index is 13.0. The van der Waals surface area contributed by atoms with Gasteiger partial charge in [0.1, 0.15) is 0 Å². The Morgan fingerprint density at radius 2 is 1.82 bits per heavy atom. The van der Waals surface area contributed by atoms with E-state index in [9.17, 15) is 9.59 Å². The predicted octanol–water partition coefficient (Wildman–Crippen LogP) is 3.27. The first-order chi connectivity index (χ1) is 16.1. The topological polar surface area (TPSA) is 71.5 Å². The molecule has 0 radical (unpaired) electrons. The lowest BCUT2D eigenvalue weighted by atomic mass is 9.89. The molecule has 2 aromatic carbocycles. The van der Waals surface area contributed by atoms with Crippen molar-refractivity contribution in [1.29, 1.82) is 0 Å². The van der Waals surface area contributed by atoms with E-state index in [0.717, 1.165) is 22.3 Å². The van der Waals surface area contributed by atoms with Crippen molar-refractivity contribution in [2.24, 2.45) is 0 Å². The lowest BCUT2D eigenvalue weighted by Gasteiger charge is -2.41. The number of aromatic nitrogens is 1. The standard InChI is InChI=1S/C27H29N3O3/c1-28-26(32)27(18-22-9-5-10-23(17-22)24-11-6-14-29-19-24)20-30(15-16-33-27)25(31)13-12-21-7-3-2-4-8-21/h2-11,14,17,19H,12-13,15-16,18,20H2,1H3,(H,28,32)/t27-/m0/s1. The van der Waals surface area contributed by atoms with Gasteiger partial charge >= 0.3 is 0 Å². The Labute approximate surface area is 194 Å². The summed E-state index contributed by atoms with van der Waals surface area (Å²) in [5.41, 5.74) is 3.01. The summed E-state index contributed by atoms with van der Waals surface area (Å²) >= 11 is 0. The van der Waals surface area contributed by atoms with Crippen LogP contribution in [0.1, 0.15) is 17.5 Å². The minimum atomic E-state index is -1.12. The molecule has 33 heavy (non-hydrogen) atoms. The van der Waals surface area contributed by atoms with Crippen LogP contribution in [0.3, 0.4) is 0 Å². The zero-order valence-electron chi connectivity index (χ0n) is 18.9. The number of nitrogens with one attached hydrogen (secondary N) is 1. The van der Waals surface area contributed by atoms with Crippen LogP contribution in [0.2, 0.25) is 0 Å². The van der Waals surface area contributed by atoms with E-state index in [0.29, 0.717) is 32.4 Å². The molecule has 0 bridgehead atoms. The van der Waals surface area contributed by atoms with Crippen molar-refractivity contribution >= 4 is 11.8 Å². The first-order valence-electron chi connectivity index (χ1n) is 11.3. The van der Waals surface area contributed by atoms with Crippen LogP contribution < -0.4 is 5.32 Å². The van der Waals surface area contributed by atoms with E-state index >= 15 is 0 Å². The Kier molecular flexibility index (Phi) is 7.15. The molecule has 0 aliphatic carbocycles. The third-order valence-corrected chi connectivity index (χ3v) is 6.06. The van der Waals surface area contributed by atoms with Gasteiger partial charge in [-0.2, -0.15) is 0 Å². The van der Waals surface area contributed by atoms with Crippen molar-refractivity contribution in [3.05, 3.63) is 90.3 Å². The highest BCUT2D eigenvalue weighted by atomic mass is 16.5. The molecule has 1 aliphatic rings. The number of benzene rings is 2.